The van der Waals surface area contributed by atoms with Crippen molar-refractivity contribution in [3.8, 4) is 11.1 Å². The summed E-state index contributed by atoms with van der Waals surface area (Å²) >= 11 is 0. The molecule has 1 aliphatic rings. The average Bonchev–Trinajstić information content (AvgIpc) is 3.09. The number of ether oxygens (including phenoxy) is 1. The number of hydrogen-bond acceptors (Lipinski definition) is 4. The van der Waals surface area contributed by atoms with Gasteiger partial charge in [0.2, 0.25) is 5.91 Å². The molecule has 7 heteroatoms. The van der Waals surface area contributed by atoms with Crippen LogP contribution in [0.1, 0.15) is 37.8 Å². The molecule has 2 unspecified atom stereocenters. The summed E-state index contributed by atoms with van der Waals surface area (Å²) in [6.45, 7) is 5.86. The van der Waals surface area contributed by atoms with Gasteiger partial charge in [0.25, 0.3) is 0 Å². The van der Waals surface area contributed by atoms with E-state index in [1.54, 1.807) is 6.92 Å². The van der Waals surface area contributed by atoms with Crippen molar-refractivity contribution in [3.05, 3.63) is 71.8 Å². The Morgan fingerprint density at radius 2 is 1.58 bits per heavy atom. The predicted octanol–water partition coefficient (Wildman–Crippen LogP) is 3.94. The highest BCUT2D eigenvalue weighted by Crippen LogP contribution is 2.44. The topological polar surface area (TPSA) is 105 Å². The van der Waals surface area contributed by atoms with Gasteiger partial charge in [-0.05, 0) is 35.1 Å². The van der Waals surface area contributed by atoms with Gasteiger partial charge in [0.05, 0.1) is 5.92 Å². The predicted molar refractivity (Wildman–Crippen MR) is 126 cm³/mol. The lowest BCUT2D eigenvalue weighted by Gasteiger charge is -2.27. The zero-order valence-corrected chi connectivity index (χ0v) is 19.1. The fraction of sp³-hybridized carbons (Fsp3) is 0.346. The highest BCUT2D eigenvalue weighted by molar-refractivity contribution is 5.82. The van der Waals surface area contributed by atoms with E-state index in [0.717, 1.165) is 28.3 Å². The molecule has 0 fully saturated rings. The number of alkyl carbamates (subject to hydrolysis) is 1. The quantitative estimate of drug-likeness (QED) is 0.502. The van der Waals surface area contributed by atoms with Crippen LogP contribution in [0.3, 0.4) is 0 Å². The Morgan fingerprint density at radius 1 is 1.00 bits per heavy atom. The monoisotopic (exact) mass is 450 g/mol. The number of nitrogens with one attached hydrogen (secondary N) is 2. The van der Waals surface area contributed by atoms with Crippen molar-refractivity contribution in [2.24, 2.45) is 11.8 Å². The minimum absolute atomic E-state index is 0.0383. The first-order valence-corrected chi connectivity index (χ1v) is 11.1. The molecule has 0 radical (unpaired) electrons. The number of aliphatic carboxylic acids is 1. The lowest BCUT2D eigenvalue weighted by molar-refractivity contribution is -0.131. The number of hydrogen-bond donors (Lipinski definition) is 3. The fourth-order valence-electron chi connectivity index (χ4n) is 4.46. The first-order valence-electron chi connectivity index (χ1n) is 11.1. The molecule has 0 aliphatic heterocycles. The first kappa shape index (κ1) is 24.0. The van der Waals surface area contributed by atoms with Gasteiger partial charge >= 0.3 is 12.1 Å². The third-order valence-corrected chi connectivity index (χ3v) is 5.90. The molecule has 2 aromatic rings. The maximum absolute atomic E-state index is 12.6. The summed E-state index contributed by atoms with van der Waals surface area (Å²) in [6.07, 6.45) is 1.76. The third kappa shape index (κ3) is 5.80. The molecule has 0 aromatic heterocycles. The van der Waals surface area contributed by atoms with E-state index < -0.39 is 24.0 Å². The Balaban J connectivity index is 1.59. The van der Waals surface area contributed by atoms with Gasteiger partial charge < -0.3 is 20.5 Å². The molecule has 2 amide bonds. The molecule has 174 valence electrons. The summed E-state index contributed by atoms with van der Waals surface area (Å²) in [7, 11) is 0. The van der Waals surface area contributed by atoms with Crippen molar-refractivity contribution in [1.82, 2.24) is 10.6 Å². The van der Waals surface area contributed by atoms with Crippen LogP contribution < -0.4 is 10.6 Å². The summed E-state index contributed by atoms with van der Waals surface area (Å²) in [4.78, 5) is 35.7. The largest absolute Gasteiger partial charge is 0.478 e. The van der Waals surface area contributed by atoms with Crippen LogP contribution in [0.2, 0.25) is 0 Å². The highest BCUT2D eigenvalue weighted by Gasteiger charge is 2.31. The Hall–Kier alpha value is -3.61. The molecule has 3 rings (SSSR count). The molecule has 2 atom stereocenters. The molecule has 0 saturated carbocycles. The summed E-state index contributed by atoms with van der Waals surface area (Å²) in [6, 6.07) is 15.8. The van der Waals surface area contributed by atoms with Crippen LogP contribution in [-0.2, 0) is 14.3 Å². The van der Waals surface area contributed by atoms with E-state index >= 15 is 0 Å². The van der Waals surface area contributed by atoms with E-state index in [-0.39, 0.29) is 30.9 Å². The van der Waals surface area contributed by atoms with Gasteiger partial charge in [0.15, 0.2) is 0 Å². The van der Waals surface area contributed by atoms with Crippen molar-refractivity contribution in [1.29, 1.82) is 0 Å². The first-order chi connectivity index (χ1) is 15.8. The highest BCUT2D eigenvalue weighted by atomic mass is 16.5. The van der Waals surface area contributed by atoms with Crippen LogP contribution in [0.15, 0.2) is 60.7 Å². The molecule has 0 heterocycles. The molecule has 0 saturated heterocycles. The molecular formula is C26H30N2O5. The number of carbonyl (C=O) groups excluding carboxylic acids is 2. The fourth-order valence-corrected chi connectivity index (χ4v) is 4.46. The second-order valence-corrected chi connectivity index (χ2v) is 8.51. The minimum Gasteiger partial charge on any atom is -0.478 e. The van der Waals surface area contributed by atoms with E-state index in [4.69, 9.17) is 9.84 Å². The van der Waals surface area contributed by atoms with Gasteiger partial charge in [-0.2, -0.15) is 0 Å². The number of benzene rings is 2. The Labute approximate surface area is 193 Å². The number of amides is 2. The number of fused-ring (bicyclic) bond motifs is 3. The second-order valence-electron chi connectivity index (χ2n) is 8.51. The van der Waals surface area contributed by atoms with E-state index in [2.05, 4.69) is 34.9 Å². The van der Waals surface area contributed by atoms with Gasteiger partial charge in [-0.3, -0.25) is 4.79 Å². The van der Waals surface area contributed by atoms with E-state index in [1.807, 2.05) is 38.1 Å². The van der Waals surface area contributed by atoms with Gasteiger partial charge in [-0.25, -0.2) is 9.59 Å². The SMILES string of the molecule is CC(C)C(C(=O)NC/C=C/C(=O)O)C(C)NC(=O)OCC1c2ccccc2-c2ccccc21. The van der Waals surface area contributed by atoms with Crippen LogP contribution in [-0.4, -0.2) is 42.3 Å². The van der Waals surface area contributed by atoms with Crippen LogP contribution in [0.25, 0.3) is 11.1 Å². The van der Waals surface area contributed by atoms with Gasteiger partial charge in [-0.1, -0.05) is 68.5 Å². The number of rotatable bonds is 9. The summed E-state index contributed by atoms with van der Waals surface area (Å²) in [5, 5.41) is 14.1. The molecule has 1 aliphatic carbocycles. The summed E-state index contributed by atoms with van der Waals surface area (Å²) in [5.74, 6) is -1.91. The Morgan fingerprint density at radius 3 is 2.12 bits per heavy atom. The van der Waals surface area contributed by atoms with Crippen molar-refractivity contribution in [2.45, 2.75) is 32.7 Å². The van der Waals surface area contributed by atoms with Crippen LogP contribution in [0, 0.1) is 11.8 Å². The van der Waals surface area contributed by atoms with Crippen molar-refractivity contribution < 1.29 is 24.2 Å². The standard InChI is InChI=1S/C26H30N2O5/c1-16(2)24(25(31)27-14-8-13-23(29)30)17(3)28-26(32)33-15-22-20-11-6-4-9-18(20)19-10-5-7-12-21(19)22/h4-13,16-17,22,24H,14-15H2,1-3H3,(H,27,31)(H,28,32)(H,29,30)/b13-8+. The van der Waals surface area contributed by atoms with Crippen molar-refractivity contribution >= 4 is 18.0 Å². The van der Waals surface area contributed by atoms with Crippen LogP contribution in [0.5, 0.6) is 0 Å². The maximum atomic E-state index is 12.6. The normalized spacial score (nSPS) is 14.4. The van der Waals surface area contributed by atoms with Crippen molar-refractivity contribution in [2.75, 3.05) is 13.2 Å². The number of carboxylic acids is 1. The molecular weight excluding hydrogens is 420 g/mol. The lowest BCUT2D eigenvalue weighted by Crippen LogP contribution is -2.47. The van der Waals surface area contributed by atoms with Gasteiger partial charge in [0, 0.05) is 24.6 Å². The summed E-state index contributed by atoms with van der Waals surface area (Å²) < 4.78 is 5.59. The second kappa shape index (κ2) is 10.8. The van der Waals surface area contributed by atoms with Crippen LogP contribution in [0.4, 0.5) is 4.79 Å². The number of carboxylic acid groups (broad SMARTS) is 1. The van der Waals surface area contributed by atoms with Crippen molar-refractivity contribution in [3.63, 3.8) is 0 Å². The Bertz CT molecular complexity index is 1000. The average molecular weight is 451 g/mol. The smallest absolute Gasteiger partial charge is 0.407 e. The molecule has 7 nitrogen and oxygen atoms in total. The molecule has 0 spiro atoms. The molecule has 33 heavy (non-hydrogen) atoms. The third-order valence-electron chi connectivity index (χ3n) is 5.90. The van der Waals surface area contributed by atoms with Gasteiger partial charge in [-0.15, -0.1) is 0 Å². The van der Waals surface area contributed by atoms with Gasteiger partial charge in [0.1, 0.15) is 6.61 Å². The zero-order valence-electron chi connectivity index (χ0n) is 19.1. The van der Waals surface area contributed by atoms with E-state index in [0.29, 0.717) is 0 Å². The zero-order chi connectivity index (χ0) is 24.0. The maximum Gasteiger partial charge on any atom is 0.407 e. The molecule has 3 N–H and O–H groups in total. The van der Waals surface area contributed by atoms with E-state index in [1.165, 1.54) is 6.08 Å². The summed E-state index contributed by atoms with van der Waals surface area (Å²) in [5.41, 5.74) is 4.58. The lowest BCUT2D eigenvalue weighted by atomic mass is 9.88. The molecule has 0 bridgehead atoms. The van der Waals surface area contributed by atoms with E-state index in [9.17, 15) is 14.4 Å². The molecule has 2 aromatic carbocycles. The van der Waals surface area contributed by atoms with Crippen LogP contribution >= 0.6 is 0 Å². The Kier molecular flexibility index (Phi) is 7.87. The minimum atomic E-state index is -1.07. The number of carbonyl (C=O) groups is 3.